The van der Waals surface area contributed by atoms with Crippen LogP contribution in [0.4, 0.5) is 0 Å². The number of nitrogens with zero attached hydrogens (tertiary/aromatic N) is 4. The number of nitrogens with one attached hydrogen (secondary N) is 1. The Morgan fingerprint density at radius 3 is 3.11 bits per heavy atom. The van der Waals surface area contributed by atoms with Crippen molar-refractivity contribution in [1.82, 2.24) is 25.0 Å². The van der Waals surface area contributed by atoms with Crippen LogP contribution in [0.5, 0.6) is 0 Å². The number of hydrogen-bond acceptors (Lipinski definition) is 4. The van der Waals surface area contributed by atoms with Crippen molar-refractivity contribution in [3.63, 3.8) is 0 Å². The van der Waals surface area contributed by atoms with E-state index in [-0.39, 0.29) is 5.92 Å². The lowest BCUT2D eigenvalue weighted by Gasteiger charge is -2.31. The van der Waals surface area contributed by atoms with Gasteiger partial charge in [0.05, 0.1) is 12.5 Å². The Balaban J connectivity index is 1.50. The van der Waals surface area contributed by atoms with Crippen LogP contribution < -0.4 is 5.32 Å². The third-order valence-corrected chi connectivity index (χ3v) is 4.57. The minimum atomic E-state index is 0.193. The molecule has 3 aliphatic rings. The third-order valence-electron chi connectivity index (χ3n) is 4.57. The summed E-state index contributed by atoms with van der Waals surface area (Å²) in [6.45, 7) is 2.23. The summed E-state index contributed by atoms with van der Waals surface area (Å²) in [6.07, 6.45) is 5.16. The van der Waals surface area contributed by atoms with Crippen molar-refractivity contribution in [2.75, 3.05) is 6.54 Å². The van der Waals surface area contributed by atoms with Gasteiger partial charge in [-0.1, -0.05) is 0 Å². The maximum absolute atomic E-state index is 12.6. The third kappa shape index (κ3) is 1.48. The molecule has 2 fully saturated rings. The molecule has 6 heteroatoms. The highest BCUT2D eigenvalue weighted by atomic mass is 16.2. The van der Waals surface area contributed by atoms with Gasteiger partial charge < -0.3 is 14.8 Å². The Bertz CT molecular complexity index is 485. The molecule has 4 rings (SSSR count). The summed E-state index contributed by atoms with van der Waals surface area (Å²) in [6, 6.07) is 1.000. The molecule has 3 aliphatic heterocycles. The fourth-order valence-electron chi connectivity index (χ4n) is 3.59. The summed E-state index contributed by atoms with van der Waals surface area (Å²) in [5.41, 5.74) is 0. The average molecular weight is 247 g/mol. The number of aromatic nitrogens is 3. The number of amides is 1. The molecule has 1 amide bonds. The van der Waals surface area contributed by atoms with Crippen LogP contribution in [-0.4, -0.2) is 44.2 Å². The van der Waals surface area contributed by atoms with E-state index in [0.717, 1.165) is 31.8 Å². The number of fused-ring (bicyclic) bond motifs is 3. The number of carbonyl (C=O) groups is 1. The van der Waals surface area contributed by atoms with E-state index >= 15 is 0 Å². The van der Waals surface area contributed by atoms with Gasteiger partial charge in [-0.15, -0.1) is 10.2 Å². The molecule has 18 heavy (non-hydrogen) atoms. The van der Waals surface area contributed by atoms with Gasteiger partial charge in [0.1, 0.15) is 6.33 Å². The molecule has 0 aliphatic carbocycles. The van der Waals surface area contributed by atoms with Gasteiger partial charge in [-0.3, -0.25) is 4.79 Å². The first-order valence-corrected chi connectivity index (χ1v) is 6.73. The van der Waals surface area contributed by atoms with Gasteiger partial charge in [0, 0.05) is 25.2 Å². The lowest BCUT2D eigenvalue weighted by molar-refractivity contribution is -0.137. The molecule has 6 nitrogen and oxygen atoms in total. The van der Waals surface area contributed by atoms with Gasteiger partial charge in [0.2, 0.25) is 5.91 Å². The van der Waals surface area contributed by atoms with Crippen molar-refractivity contribution < 1.29 is 4.79 Å². The van der Waals surface area contributed by atoms with Crippen LogP contribution in [0.2, 0.25) is 0 Å². The molecule has 0 spiro atoms. The highest BCUT2D eigenvalue weighted by Gasteiger charge is 2.44. The Morgan fingerprint density at radius 1 is 1.39 bits per heavy atom. The number of carbonyl (C=O) groups excluding carboxylic acids is 1. The van der Waals surface area contributed by atoms with Crippen LogP contribution in [0.3, 0.4) is 0 Å². The zero-order valence-electron chi connectivity index (χ0n) is 10.2. The molecule has 1 aromatic heterocycles. The summed E-state index contributed by atoms with van der Waals surface area (Å²) in [5.74, 6) is 1.41. The minimum Gasteiger partial charge on any atom is -0.333 e. The Kier molecular flexibility index (Phi) is 2.20. The molecule has 0 aromatic carbocycles. The average Bonchev–Trinajstić information content (AvgIpc) is 3.12. The van der Waals surface area contributed by atoms with Crippen LogP contribution in [0.1, 0.15) is 25.1 Å². The molecule has 2 bridgehead atoms. The van der Waals surface area contributed by atoms with E-state index in [1.54, 1.807) is 6.33 Å². The van der Waals surface area contributed by atoms with Crippen molar-refractivity contribution in [3.8, 4) is 0 Å². The second-order valence-electron chi connectivity index (χ2n) is 5.59. The van der Waals surface area contributed by atoms with Crippen LogP contribution in [0, 0.1) is 5.92 Å². The molecule has 3 unspecified atom stereocenters. The molecule has 2 saturated heterocycles. The minimum absolute atomic E-state index is 0.193. The molecular formula is C12H17N5O. The topological polar surface area (TPSA) is 63.1 Å². The molecule has 4 heterocycles. The van der Waals surface area contributed by atoms with Gasteiger partial charge in [0.25, 0.3) is 0 Å². The molecule has 96 valence electrons. The smallest absolute Gasteiger partial charge is 0.227 e. The first kappa shape index (κ1) is 10.5. The zero-order valence-corrected chi connectivity index (χ0v) is 10.2. The van der Waals surface area contributed by atoms with E-state index < -0.39 is 0 Å². The molecule has 0 radical (unpaired) electrons. The molecule has 1 aromatic rings. The molecule has 1 N–H and O–H groups in total. The van der Waals surface area contributed by atoms with E-state index in [9.17, 15) is 4.79 Å². The summed E-state index contributed by atoms with van der Waals surface area (Å²) < 4.78 is 2.03. The van der Waals surface area contributed by atoms with E-state index in [1.807, 2.05) is 9.47 Å². The Morgan fingerprint density at radius 2 is 2.33 bits per heavy atom. The first-order chi connectivity index (χ1) is 8.81. The highest BCUT2D eigenvalue weighted by molar-refractivity contribution is 5.80. The van der Waals surface area contributed by atoms with Gasteiger partial charge in [0.15, 0.2) is 5.82 Å². The Hall–Kier alpha value is -1.43. The first-order valence-electron chi connectivity index (χ1n) is 6.73. The summed E-state index contributed by atoms with van der Waals surface area (Å²) >= 11 is 0. The summed E-state index contributed by atoms with van der Waals surface area (Å²) in [5, 5.41) is 11.5. The van der Waals surface area contributed by atoms with Crippen molar-refractivity contribution in [1.29, 1.82) is 0 Å². The van der Waals surface area contributed by atoms with Crippen molar-refractivity contribution in [2.45, 2.75) is 44.4 Å². The van der Waals surface area contributed by atoms with Crippen molar-refractivity contribution in [2.24, 2.45) is 5.92 Å². The molecule has 3 atom stereocenters. The van der Waals surface area contributed by atoms with E-state index in [0.29, 0.717) is 24.5 Å². The van der Waals surface area contributed by atoms with Gasteiger partial charge in [-0.05, 0) is 19.3 Å². The predicted molar refractivity (Wildman–Crippen MR) is 63.5 cm³/mol. The SMILES string of the molecule is O=C(C1CC2CCC1N2)N1CCn2cnnc2C1. The van der Waals surface area contributed by atoms with Crippen LogP contribution in [0.25, 0.3) is 0 Å². The fraction of sp³-hybridized carbons (Fsp3) is 0.750. The second kappa shape index (κ2) is 3.78. The van der Waals surface area contributed by atoms with E-state index in [2.05, 4.69) is 15.5 Å². The van der Waals surface area contributed by atoms with Crippen molar-refractivity contribution in [3.05, 3.63) is 12.2 Å². The van der Waals surface area contributed by atoms with Gasteiger partial charge in [-0.2, -0.15) is 0 Å². The van der Waals surface area contributed by atoms with Crippen LogP contribution in [-0.2, 0) is 17.9 Å². The molecular weight excluding hydrogens is 230 g/mol. The second-order valence-corrected chi connectivity index (χ2v) is 5.59. The fourth-order valence-corrected chi connectivity index (χ4v) is 3.59. The number of rotatable bonds is 1. The lowest BCUT2D eigenvalue weighted by atomic mass is 9.88. The zero-order chi connectivity index (χ0) is 12.1. The van der Waals surface area contributed by atoms with Gasteiger partial charge >= 0.3 is 0 Å². The van der Waals surface area contributed by atoms with E-state index in [4.69, 9.17) is 0 Å². The standard InChI is InChI=1S/C12H17N5O/c18-12(9-5-8-1-2-10(9)14-8)16-3-4-17-7-13-15-11(17)6-16/h7-10,14H,1-6H2. The van der Waals surface area contributed by atoms with E-state index in [1.165, 1.54) is 6.42 Å². The lowest BCUT2D eigenvalue weighted by Crippen LogP contribution is -2.44. The number of hydrogen-bond donors (Lipinski definition) is 1. The summed E-state index contributed by atoms with van der Waals surface area (Å²) in [7, 11) is 0. The summed E-state index contributed by atoms with van der Waals surface area (Å²) in [4.78, 5) is 14.5. The predicted octanol–water partition coefficient (Wildman–Crippen LogP) is -0.239. The van der Waals surface area contributed by atoms with Crippen LogP contribution in [0.15, 0.2) is 6.33 Å². The Labute approximate surface area is 105 Å². The van der Waals surface area contributed by atoms with Crippen LogP contribution >= 0.6 is 0 Å². The maximum atomic E-state index is 12.6. The maximum Gasteiger partial charge on any atom is 0.227 e. The normalized spacial score (nSPS) is 33.8. The monoisotopic (exact) mass is 247 g/mol. The van der Waals surface area contributed by atoms with Gasteiger partial charge in [-0.25, -0.2) is 0 Å². The largest absolute Gasteiger partial charge is 0.333 e. The quantitative estimate of drug-likeness (QED) is 0.744. The highest BCUT2D eigenvalue weighted by Crippen LogP contribution is 2.34. The molecule has 0 saturated carbocycles. The van der Waals surface area contributed by atoms with Crippen molar-refractivity contribution >= 4 is 5.91 Å².